The van der Waals surface area contributed by atoms with Gasteiger partial charge in [0.05, 0.1) is 12.2 Å². The van der Waals surface area contributed by atoms with Crippen molar-refractivity contribution >= 4 is 5.69 Å². The minimum Gasteiger partial charge on any atom is -0.490 e. The van der Waals surface area contributed by atoms with Crippen LogP contribution in [0.5, 0.6) is 5.75 Å². The molecule has 0 fully saturated rings. The molecular formula is C12H18N2O. The number of hydrogen-bond acceptors (Lipinski definition) is 3. The molecule has 0 radical (unpaired) electrons. The van der Waals surface area contributed by atoms with Crippen LogP contribution in [0.1, 0.15) is 12.5 Å². The van der Waals surface area contributed by atoms with Crippen molar-refractivity contribution in [1.29, 1.82) is 0 Å². The molecule has 1 heterocycles. The molecule has 1 aliphatic heterocycles. The highest BCUT2D eigenvalue weighted by atomic mass is 16.5. The van der Waals surface area contributed by atoms with Crippen molar-refractivity contribution in [2.45, 2.75) is 13.3 Å². The van der Waals surface area contributed by atoms with Crippen molar-refractivity contribution in [3.8, 4) is 5.75 Å². The van der Waals surface area contributed by atoms with Crippen LogP contribution in [0.4, 0.5) is 5.69 Å². The highest BCUT2D eigenvalue weighted by molar-refractivity contribution is 5.61. The lowest BCUT2D eigenvalue weighted by Crippen LogP contribution is -2.32. The van der Waals surface area contributed by atoms with Crippen molar-refractivity contribution in [1.82, 2.24) is 0 Å². The van der Waals surface area contributed by atoms with Gasteiger partial charge in [-0.05, 0) is 37.6 Å². The molecule has 3 nitrogen and oxygen atoms in total. The Morgan fingerprint density at radius 2 is 2.33 bits per heavy atom. The maximum atomic E-state index is 5.66. The van der Waals surface area contributed by atoms with Crippen LogP contribution < -0.4 is 15.4 Å². The summed E-state index contributed by atoms with van der Waals surface area (Å²) in [4.78, 5) is 2.34. The molecule has 0 aliphatic carbocycles. The van der Waals surface area contributed by atoms with Gasteiger partial charge in [-0.3, -0.25) is 0 Å². The van der Waals surface area contributed by atoms with E-state index in [0.717, 1.165) is 31.9 Å². The van der Waals surface area contributed by atoms with Crippen molar-refractivity contribution in [2.24, 2.45) is 5.73 Å². The van der Waals surface area contributed by atoms with E-state index in [-0.39, 0.29) is 0 Å². The fourth-order valence-electron chi connectivity index (χ4n) is 1.97. The minimum atomic E-state index is 0.691. The molecule has 2 rings (SSSR count). The molecular weight excluding hydrogens is 188 g/mol. The maximum Gasteiger partial charge on any atom is 0.142 e. The first kappa shape index (κ1) is 10.3. The van der Waals surface area contributed by atoms with E-state index in [2.05, 4.69) is 30.0 Å². The van der Waals surface area contributed by atoms with Gasteiger partial charge in [0.1, 0.15) is 12.4 Å². The first-order valence-corrected chi connectivity index (χ1v) is 5.56. The summed E-state index contributed by atoms with van der Waals surface area (Å²) < 4.78 is 5.66. The van der Waals surface area contributed by atoms with E-state index in [0.29, 0.717) is 6.54 Å². The number of nitrogens with two attached hydrogens (primary N) is 1. The Hall–Kier alpha value is -1.22. The van der Waals surface area contributed by atoms with E-state index in [9.17, 15) is 0 Å². The van der Waals surface area contributed by atoms with Crippen LogP contribution in [0.25, 0.3) is 0 Å². The van der Waals surface area contributed by atoms with E-state index in [4.69, 9.17) is 10.5 Å². The molecule has 0 spiro atoms. The van der Waals surface area contributed by atoms with Gasteiger partial charge in [0.25, 0.3) is 0 Å². The normalized spacial score (nSPS) is 14.7. The number of benzene rings is 1. The van der Waals surface area contributed by atoms with Crippen LogP contribution in [0, 0.1) is 0 Å². The van der Waals surface area contributed by atoms with Crippen molar-refractivity contribution in [2.75, 3.05) is 31.1 Å². The van der Waals surface area contributed by atoms with E-state index >= 15 is 0 Å². The Labute approximate surface area is 90.8 Å². The summed E-state index contributed by atoms with van der Waals surface area (Å²) in [5, 5.41) is 0. The zero-order valence-corrected chi connectivity index (χ0v) is 9.20. The zero-order valence-electron chi connectivity index (χ0n) is 9.20. The highest BCUT2D eigenvalue weighted by Crippen LogP contribution is 2.32. The molecule has 1 aliphatic rings. The van der Waals surface area contributed by atoms with Crippen LogP contribution in [-0.4, -0.2) is 26.2 Å². The third-order valence-corrected chi connectivity index (χ3v) is 2.80. The monoisotopic (exact) mass is 206 g/mol. The molecule has 2 N–H and O–H groups in total. The predicted octanol–water partition coefficient (Wildman–Crippen LogP) is 1.41. The van der Waals surface area contributed by atoms with E-state index in [1.54, 1.807) is 0 Å². The second-order valence-electron chi connectivity index (χ2n) is 3.77. The smallest absolute Gasteiger partial charge is 0.142 e. The van der Waals surface area contributed by atoms with Crippen LogP contribution in [0.3, 0.4) is 0 Å². The van der Waals surface area contributed by atoms with Gasteiger partial charge < -0.3 is 15.4 Å². The van der Waals surface area contributed by atoms with Crippen LogP contribution in [0.15, 0.2) is 18.2 Å². The number of ether oxygens (including phenoxy) is 1. The molecule has 0 saturated heterocycles. The van der Waals surface area contributed by atoms with E-state index in [1.807, 2.05) is 0 Å². The molecule has 0 saturated carbocycles. The van der Waals surface area contributed by atoms with Crippen molar-refractivity contribution in [3.05, 3.63) is 23.8 Å². The van der Waals surface area contributed by atoms with Gasteiger partial charge in [-0.25, -0.2) is 0 Å². The first-order chi connectivity index (χ1) is 7.35. The fraction of sp³-hybridized carbons (Fsp3) is 0.500. The van der Waals surface area contributed by atoms with Gasteiger partial charge >= 0.3 is 0 Å². The average molecular weight is 206 g/mol. The first-order valence-electron chi connectivity index (χ1n) is 5.56. The van der Waals surface area contributed by atoms with Crippen molar-refractivity contribution in [3.63, 3.8) is 0 Å². The van der Waals surface area contributed by atoms with Gasteiger partial charge in [-0.2, -0.15) is 0 Å². The summed E-state index contributed by atoms with van der Waals surface area (Å²) in [6.45, 7) is 5.67. The van der Waals surface area contributed by atoms with Gasteiger partial charge in [0.15, 0.2) is 0 Å². The topological polar surface area (TPSA) is 38.5 Å². The lowest BCUT2D eigenvalue weighted by molar-refractivity contribution is 0.308. The molecule has 0 atom stereocenters. The quantitative estimate of drug-likeness (QED) is 0.812. The highest BCUT2D eigenvalue weighted by Gasteiger charge is 2.16. The molecule has 0 amide bonds. The number of anilines is 1. The van der Waals surface area contributed by atoms with Crippen LogP contribution in [0.2, 0.25) is 0 Å². The number of likely N-dealkylation sites (N-methyl/N-ethyl adjacent to an activating group) is 1. The molecule has 1 aromatic rings. The maximum absolute atomic E-state index is 5.66. The van der Waals surface area contributed by atoms with Gasteiger partial charge in [-0.15, -0.1) is 0 Å². The molecule has 0 aromatic heterocycles. The number of fused-ring (bicyclic) bond motifs is 1. The fourth-order valence-corrected chi connectivity index (χ4v) is 1.97. The Kier molecular flexibility index (Phi) is 3.11. The lowest BCUT2D eigenvalue weighted by Gasteiger charge is -2.30. The van der Waals surface area contributed by atoms with Gasteiger partial charge in [-0.1, -0.05) is 6.07 Å². The zero-order chi connectivity index (χ0) is 10.7. The van der Waals surface area contributed by atoms with Crippen LogP contribution >= 0.6 is 0 Å². The number of nitrogens with zero attached hydrogens (tertiary/aromatic N) is 1. The minimum absolute atomic E-state index is 0.691. The molecule has 0 bridgehead atoms. The third kappa shape index (κ3) is 2.07. The summed E-state index contributed by atoms with van der Waals surface area (Å²) in [6.07, 6.45) is 0.919. The standard InChI is InChI=1S/C12H18N2O/c1-2-14-7-8-15-12-9-10(5-6-13)3-4-11(12)14/h3-4,9H,2,5-8,13H2,1H3. The predicted molar refractivity (Wildman–Crippen MR) is 62.6 cm³/mol. The Morgan fingerprint density at radius 3 is 3.07 bits per heavy atom. The SMILES string of the molecule is CCN1CCOc2cc(CCN)ccc21. The van der Waals surface area contributed by atoms with E-state index in [1.165, 1.54) is 11.3 Å². The summed E-state index contributed by atoms with van der Waals surface area (Å²) >= 11 is 0. The summed E-state index contributed by atoms with van der Waals surface area (Å²) in [5.74, 6) is 1.01. The number of hydrogen-bond donors (Lipinski definition) is 1. The molecule has 3 heteroatoms. The largest absolute Gasteiger partial charge is 0.490 e. The van der Waals surface area contributed by atoms with Gasteiger partial charge in [0, 0.05) is 6.54 Å². The number of rotatable bonds is 3. The molecule has 82 valence electrons. The van der Waals surface area contributed by atoms with Crippen molar-refractivity contribution < 1.29 is 4.74 Å². The van der Waals surface area contributed by atoms with Gasteiger partial charge in [0.2, 0.25) is 0 Å². The summed E-state index contributed by atoms with van der Waals surface area (Å²) in [6, 6.07) is 6.40. The lowest BCUT2D eigenvalue weighted by atomic mass is 10.1. The summed E-state index contributed by atoms with van der Waals surface area (Å²) in [5.41, 5.74) is 8.01. The van der Waals surface area contributed by atoms with E-state index < -0.39 is 0 Å². The molecule has 15 heavy (non-hydrogen) atoms. The second-order valence-corrected chi connectivity index (χ2v) is 3.77. The Balaban J connectivity index is 2.27. The Bertz CT molecular complexity index is 338. The van der Waals surface area contributed by atoms with Crippen LogP contribution in [-0.2, 0) is 6.42 Å². The Morgan fingerprint density at radius 1 is 1.47 bits per heavy atom. The third-order valence-electron chi connectivity index (χ3n) is 2.80. The summed E-state index contributed by atoms with van der Waals surface area (Å²) in [7, 11) is 0. The molecule has 1 aromatic carbocycles. The average Bonchev–Trinajstić information content (AvgIpc) is 2.28. The second kappa shape index (κ2) is 4.53. The molecule has 0 unspecified atom stereocenters.